The molecule has 1 atom stereocenters. The molecule has 0 spiro atoms. The van der Waals surface area contributed by atoms with Gasteiger partial charge in [0.2, 0.25) is 0 Å². The van der Waals surface area contributed by atoms with E-state index in [2.05, 4.69) is 36.3 Å². The molecule has 1 aromatic carbocycles. The maximum absolute atomic E-state index is 11.8. The van der Waals surface area contributed by atoms with Gasteiger partial charge >= 0.3 is 5.97 Å². The van der Waals surface area contributed by atoms with Crippen LogP contribution in [-0.4, -0.2) is 39.3 Å². The zero-order valence-corrected chi connectivity index (χ0v) is 13.2. The first kappa shape index (κ1) is 16.5. The van der Waals surface area contributed by atoms with Crippen LogP contribution in [0, 0.1) is 6.92 Å². The number of likely N-dealkylation sites (N-methyl/N-ethyl adjacent to an activating group) is 1. The van der Waals surface area contributed by atoms with Gasteiger partial charge in [0.15, 0.2) is 0 Å². The van der Waals surface area contributed by atoms with Crippen LogP contribution in [0.1, 0.15) is 25.3 Å². The number of para-hydroxylation sites is 1. The zero-order chi connectivity index (χ0) is 15.2. The summed E-state index contributed by atoms with van der Waals surface area (Å²) in [7, 11) is 5.30. The molecular formula is C16H26N2O2. The molecule has 0 fully saturated rings. The molecule has 4 nitrogen and oxygen atoms in total. The van der Waals surface area contributed by atoms with Crippen molar-refractivity contribution in [3.8, 4) is 0 Å². The van der Waals surface area contributed by atoms with Crippen LogP contribution in [0.15, 0.2) is 24.3 Å². The molecule has 112 valence electrons. The van der Waals surface area contributed by atoms with Gasteiger partial charge in [0.1, 0.15) is 5.54 Å². The molecule has 0 amide bonds. The van der Waals surface area contributed by atoms with E-state index in [0.717, 1.165) is 19.4 Å². The van der Waals surface area contributed by atoms with Crippen LogP contribution in [0.4, 0.5) is 5.69 Å². The molecule has 1 rings (SSSR count). The van der Waals surface area contributed by atoms with E-state index >= 15 is 0 Å². The molecule has 1 unspecified atom stereocenters. The Bertz CT molecular complexity index is 448. The number of nitrogens with one attached hydrogen (secondary N) is 1. The van der Waals surface area contributed by atoms with Crippen LogP contribution < -0.4 is 10.2 Å². The monoisotopic (exact) mass is 278 g/mol. The summed E-state index contributed by atoms with van der Waals surface area (Å²) in [5.41, 5.74) is 1.89. The average Bonchev–Trinajstić information content (AvgIpc) is 2.46. The van der Waals surface area contributed by atoms with Crippen LogP contribution >= 0.6 is 0 Å². The molecular weight excluding hydrogens is 252 g/mol. The summed E-state index contributed by atoms with van der Waals surface area (Å²) in [6.45, 7) is 4.89. The first-order valence-corrected chi connectivity index (χ1v) is 6.98. The van der Waals surface area contributed by atoms with Crippen molar-refractivity contribution in [2.75, 3.05) is 32.6 Å². The van der Waals surface area contributed by atoms with Crippen LogP contribution in [0.5, 0.6) is 0 Å². The van der Waals surface area contributed by atoms with E-state index in [1.54, 1.807) is 7.05 Å². The number of aryl methyl sites for hydroxylation is 1. The summed E-state index contributed by atoms with van der Waals surface area (Å²) in [5.74, 6) is -0.210. The Morgan fingerprint density at radius 1 is 1.40 bits per heavy atom. The largest absolute Gasteiger partial charge is 0.468 e. The van der Waals surface area contributed by atoms with Gasteiger partial charge in [0.25, 0.3) is 0 Å². The minimum Gasteiger partial charge on any atom is -0.468 e. The van der Waals surface area contributed by atoms with Crippen LogP contribution in [-0.2, 0) is 9.53 Å². The number of methoxy groups -OCH3 is 1. The number of benzene rings is 1. The van der Waals surface area contributed by atoms with E-state index in [-0.39, 0.29) is 5.97 Å². The number of ether oxygens (including phenoxy) is 1. The van der Waals surface area contributed by atoms with Gasteiger partial charge in [-0.15, -0.1) is 0 Å². The molecule has 0 aromatic heterocycles. The molecule has 0 heterocycles. The van der Waals surface area contributed by atoms with E-state index in [1.807, 2.05) is 19.1 Å². The second-order valence-electron chi connectivity index (χ2n) is 5.39. The lowest BCUT2D eigenvalue weighted by Crippen LogP contribution is -2.48. The Labute approximate surface area is 122 Å². The van der Waals surface area contributed by atoms with E-state index in [0.29, 0.717) is 0 Å². The highest BCUT2D eigenvalue weighted by atomic mass is 16.5. The maximum atomic E-state index is 11.8. The van der Waals surface area contributed by atoms with Crippen molar-refractivity contribution >= 4 is 11.7 Å². The standard InChI is InChI=1S/C16H26N2O2/c1-13-9-6-7-10-14(13)18(4)12-8-11-16(2,17-3)15(19)20-5/h6-7,9-10,17H,8,11-12H2,1-5H3. The molecule has 4 heteroatoms. The van der Waals surface area contributed by atoms with Gasteiger partial charge in [-0.05, 0) is 45.4 Å². The molecule has 0 aliphatic carbocycles. The Hall–Kier alpha value is -1.55. The van der Waals surface area contributed by atoms with Crippen molar-refractivity contribution < 1.29 is 9.53 Å². The third-order valence-corrected chi connectivity index (χ3v) is 3.88. The number of carbonyl (C=O) groups excluding carboxylic acids is 1. The Morgan fingerprint density at radius 2 is 2.05 bits per heavy atom. The summed E-state index contributed by atoms with van der Waals surface area (Å²) in [6, 6.07) is 8.32. The SMILES string of the molecule is CNC(C)(CCCN(C)c1ccccc1C)C(=O)OC. The van der Waals surface area contributed by atoms with Gasteiger partial charge in [-0.25, -0.2) is 0 Å². The molecule has 0 radical (unpaired) electrons. The zero-order valence-electron chi connectivity index (χ0n) is 13.2. The Kier molecular flexibility index (Phi) is 6.02. The van der Waals surface area contributed by atoms with E-state index in [9.17, 15) is 4.79 Å². The van der Waals surface area contributed by atoms with E-state index in [4.69, 9.17) is 4.74 Å². The number of hydrogen-bond acceptors (Lipinski definition) is 4. The van der Waals surface area contributed by atoms with Crippen molar-refractivity contribution in [2.45, 2.75) is 32.2 Å². The second kappa shape index (κ2) is 7.29. The van der Waals surface area contributed by atoms with Gasteiger partial charge in [0, 0.05) is 19.3 Å². The summed E-state index contributed by atoms with van der Waals surface area (Å²) < 4.78 is 4.85. The Balaban J connectivity index is 2.56. The maximum Gasteiger partial charge on any atom is 0.325 e. The van der Waals surface area contributed by atoms with Crippen LogP contribution in [0.25, 0.3) is 0 Å². The number of nitrogens with zero attached hydrogens (tertiary/aromatic N) is 1. The van der Waals surface area contributed by atoms with Crippen LogP contribution in [0.2, 0.25) is 0 Å². The van der Waals surface area contributed by atoms with Gasteiger partial charge in [-0.3, -0.25) is 4.79 Å². The minimum atomic E-state index is -0.610. The lowest BCUT2D eigenvalue weighted by molar-refractivity contribution is -0.148. The smallest absolute Gasteiger partial charge is 0.325 e. The number of anilines is 1. The number of rotatable bonds is 7. The molecule has 0 saturated carbocycles. The quantitative estimate of drug-likeness (QED) is 0.778. The van der Waals surface area contributed by atoms with Crippen molar-refractivity contribution in [2.24, 2.45) is 0 Å². The fraction of sp³-hybridized carbons (Fsp3) is 0.562. The first-order chi connectivity index (χ1) is 9.44. The highest BCUT2D eigenvalue weighted by molar-refractivity contribution is 5.80. The predicted octanol–water partition coefficient (Wildman–Crippen LogP) is 2.36. The van der Waals surface area contributed by atoms with E-state index in [1.165, 1.54) is 18.4 Å². The van der Waals surface area contributed by atoms with Gasteiger partial charge in [0.05, 0.1) is 7.11 Å². The molecule has 0 aliphatic heterocycles. The van der Waals surface area contributed by atoms with E-state index < -0.39 is 5.54 Å². The number of esters is 1. The van der Waals surface area contributed by atoms with Gasteiger partial charge in [-0.2, -0.15) is 0 Å². The molecule has 20 heavy (non-hydrogen) atoms. The van der Waals surface area contributed by atoms with Crippen molar-refractivity contribution in [1.29, 1.82) is 0 Å². The second-order valence-corrected chi connectivity index (χ2v) is 5.39. The number of hydrogen-bond donors (Lipinski definition) is 1. The highest BCUT2D eigenvalue weighted by Gasteiger charge is 2.31. The fourth-order valence-corrected chi connectivity index (χ4v) is 2.34. The van der Waals surface area contributed by atoms with Gasteiger partial charge < -0.3 is 15.0 Å². The third kappa shape index (κ3) is 3.97. The topological polar surface area (TPSA) is 41.6 Å². The molecule has 0 saturated heterocycles. The van der Waals surface area contributed by atoms with Crippen molar-refractivity contribution in [3.05, 3.63) is 29.8 Å². The molecule has 0 bridgehead atoms. The number of carbonyl (C=O) groups is 1. The normalized spacial score (nSPS) is 13.7. The average molecular weight is 278 g/mol. The minimum absolute atomic E-state index is 0.210. The lowest BCUT2D eigenvalue weighted by atomic mass is 9.96. The first-order valence-electron chi connectivity index (χ1n) is 6.98. The molecule has 0 aliphatic rings. The third-order valence-electron chi connectivity index (χ3n) is 3.88. The molecule has 1 aromatic rings. The summed E-state index contributed by atoms with van der Waals surface area (Å²) in [4.78, 5) is 14.0. The predicted molar refractivity (Wildman–Crippen MR) is 83.2 cm³/mol. The van der Waals surface area contributed by atoms with Crippen molar-refractivity contribution in [3.63, 3.8) is 0 Å². The van der Waals surface area contributed by atoms with Crippen molar-refractivity contribution in [1.82, 2.24) is 5.32 Å². The summed E-state index contributed by atoms with van der Waals surface area (Å²) >= 11 is 0. The summed E-state index contributed by atoms with van der Waals surface area (Å²) in [5, 5.41) is 3.06. The Morgan fingerprint density at radius 3 is 2.60 bits per heavy atom. The summed E-state index contributed by atoms with van der Waals surface area (Å²) in [6.07, 6.45) is 1.66. The molecule has 1 N–H and O–H groups in total. The van der Waals surface area contributed by atoms with Gasteiger partial charge in [-0.1, -0.05) is 18.2 Å². The van der Waals surface area contributed by atoms with Crippen LogP contribution in [0.3, 0.4) is 0 Å². The highest BCUT2D eigenvalue weighted by Crippen LogP contribution is 2.20. The fourth-order valence-electron chi connectivity index (χ4n) is 2.34. The lowest BCUT2D eigenvalue weighted by Gasteiger charge is -2.28.